The maximum Gasteiger partial charge on any atom is 0.309 e. The molecule has 9 heteroatoms. The Bertz CT molecular complexity index is 1460. The number of carbonyl (C=O) groups excluding carboxylic acids is 1. The van der Waals surface area contributed by atoms with Gasteiger partial charge in [0.05, 0.1) is 26.2 Å². The second kappa shape index (κ2) is 9.39. The molecule has 3 aromatic rings. The Morgan fingerprint density at radius 3 is 2.58 bits per heavy atom. The second-order valence-electron chi connectivity index (χ2n) is 9.21. The van der Waals surface area contributed by atoms with Crippen LogP contribution < -0.4 is 10.3 Å². The van der Waals surface area contributed by atoms with Crippen molar-refractivity contribution in [1.29, 1.82) is 0 Å². The first-order chi connectivity index (χ1) is 17.3. The monoisotopic (exact) mass is 494 g/mol. The lowest BCUT2D eigenvalue weighted by molar-refractivity contribution is -0.136. The van der Waals surface area contributed by atoms with Crippen molar-refractivity contribution in [2.75, 3.05) is 32.9 Å². The molecule has 5 rings (SSSR count). The summed E-state index contributed by atoms with van der Waals surface area (Å²) in [5, 5.41) is 10.4. The van der Waals surface area contributed by atoms with Crippen molar-refractivity contribution < 1.29 is 28.6 Å². The third-order valence-corrected chi connectivity index (χ3v) is 7.09. The number of hydrogen-bond donors (Lipinski definition) is 1. The zero-order valence-corrected chi connectivity index (χ0v) is 20.2. The topological polar surface area (TPSA) is 98.1 Å². The van der Waals surface area contributed by atoms with Gasteiger partial charge in [0.1, 0.15) is 0 Å². The molecular weight excluding hydrogens is 467 g/mol. The summed E-state index contributed by atoms with van der Waals surface area (Å²) in [6.07, 6.45) is 0.974. The van der Waals surface area contributed by atoms with E-state index in [0.29, 0.717) is 61.4 Å². The van der Waals surface area contributed by atoms with Crippen molar-refractivity contribution in [1.82, 2.24) is 9.47 Å². The summed E-state index contributed by atoms with van der Waals surface area (Å²) in [5.74, 6) is -1.60. The molecule has 3 heterocycles. The van der Waals surface area contributed by atoms with Gasteiger partial charge in [0.2, 0.25) is 0 Å². The number of carbonyl (C=O) groups is 2. The molecule has 2 aliphatic heterocycles. The van der Waals surface area contributed by atoms with Gasteiger partial charge in [-0.2, -0.15) is 0 Å². The lowest BCUT2D eigenvalue weighted by Gasteiger charge is -2.27. The SMILES string of the molecule is Cc1c(-c2c(CC(=O)O)n(C)c(=O)c3cc(C(=O)N4CCOCC4)ccc23)cc(F)c2c1CCCO2. The summed E-state index contributed by atoms with van der Waals surface area (Å²) >= 11 is 0. The first-order valence-electron chi connectivity index (χ1n) is 12.0. The van der Waals surface area contributed by atoms with Crippen molar-refractivity contribution >= 4 is 22.6 Å². The lowest BCUT2D eigenvalue weighted by Crippen LogP contribution is -2.40. The number of amides is 1. The molecular formula is C27H27FN2O6. The molecule has 0 saturated carbocycles. The molecule has 188 valence electrons. The van der Waals surface area contributed by atoms with Gasteiger partial charge in [-0.15, -0.1) is 0 Å². The van der Waals surface area contributed by atoms with Gasteiger partial charge >= 0.3 is 5.97 Å². The number of fused-ring (bicyclic) bond motifs is 2. The van der Waals surface area contributed by atoms with Crippen LogP contribution >= 0.6 is 0 Å². The summed E-state index contributed by atoms with van der Waals surface area (Å²) in [4.78, 5) is 39.9. The van der Waals surface area contributed by atoms with E-state index in [-0.39, 0.29) is 22.7 Å². The maximum atomic E-state index is 15.2. The van der Waals surface area contributed by atoms with Gasteiger partial charge in [0, 0.05) is 47.9 Å². The molecule has 1 fully saturated rings. The molecule has 1 saturated heterocycles. The van der Waals surface area contributed by atoms with Crippen molar-refractivity contribution in [2.45, 2.75) is 26.2 Å². The zero-order chi connectivity index (χ0) is 25.6. The molecule has 36 heavy (non-hydrogen) atoms. The van der Waals surface area contributed by atoms with Crippen molar-refractivity contribution in [3.8, 4) is 16.9 Å². The number of ether oxygens (including phenoxy) is 2. The van der Waals surface area contributed by atoms with Crippen LogP contribution in [0.3, 0.4) is 0 Å². The van der Waals surface area contributed by atoms with Crippen LogP contribution in [0.2, 0.25) is 0 Å². The second-order valence-corrected chi connectivity index (χ2v) is 9.21. The maximum absolute atomic E-state index is 15.2. The molecule has 1 N–H and O–H groups in total. The number of nitrogens with zero attached hydrogens (tertiary/aromatic N) is 2. The molecule has 2 aliphatic rings. The lowest BCUT2D eigenvalue weighted by atomic mass is 9.88. The summed E-state index contributed by atoms with van der Waals surface area (Å²) in [6, 6.07) is 6.22. The average molecular weight is 495 g/mol. The van der Waals surface area contributed by atoms with Gasteiger partial charge in [-0.25, -0.2) is 4.39 Å². The van der Waals surface area contributed by atoms with Gasteiger partial charge in [0.25, 0.3) is 11.5 Å². The van der Waals surface area contributed by atoms with Crippen molar-refractivity contribution in [3.63, 3.8) is 0 Å². The van der Waals surface area contributed by atoms with Crippen LogP contribution in [0.1, 0.15) is 33.6 Å². The number of aromatic nitrogens is 1. The molecule has 1 amide bonds. The summed E-state index contributed by atoms with van der Waals surface area (Å²) in [7, 11) is 1.51. The molecule has 0 unspecified atom stereocenters. The van der Waals surface area contributed by atoms with Gasteiger partial charge in [-0.05, 0) is 54.5 Å². The van der Waals surface area contributed by atoms with Crippen LogP contribution in [0, 0.1) is 12.7 Å². The zero-order valence-electron chi connectivity index (χ0n) is 20.2. The predicted octanol–water partition coefficient (Wildman–Crippen LogP) is 3.08. The highest BCUT2D eigenvalue weighted by Gasteiger charge is 2.26. The third-order valence-electron chi connectivity index (χ3n) is 7.09. The van der Waals surface area contributed by atoms with E-state index in [9.17, 15) is 19.5 Å². The number of morpholine rings is 1. The number of aliphatic carboxylic acids is 1. The largest absolute Gasteiger partial charge is 0.490 e. The summed E-state index contributed by atoms with van der Waals surface area (Å²) < 4.78 is 27.4. The highest BCUT2D eigenvalue weighted by molar-refractivity contribution is 6.04. The number of carboxylic acid groups (broad SMARTS) is 1. The van der Waals surface area contributed by atoms with E-state index in [4.69, 9.17) is 9.47 Å². The third kappa shape index (κ3) is 4.03. The van der Waals surface area contributed by atoms with Gasteiger partial charge in [-0.1, -0.05) is 6.07 Å². The van der Waals surface area contributed by atoms with Crippen LogP contribution in [0.15, 0.2) is 29.1 Å². The Hall–Kier alpha value is -3.72. The van der Waals surface area contributed by atoms with E-state index in [1.807, 2.05) is 6.92 Å². The molecule has 0 atom stereocenters. The van der Waals surface area contributed by atoms with Crippen molar-refractivity contribution in [3.05, 3.63) is 62.8 Å². The first kappa shape index (κ1) is 24.0. The van der Waals surface area contributed by atoms with Crippen LogP contribution in [0.25, 0.3) is 21.9 Å². The van der Waals surface area contributed by atoms with Crippen LogP contribution in [-0.4, -0.2) is 59.4 Å². The van der Waals surface area contributed by atoms with E-state index >= 15 is 4.39 Å². The van der Waals surface area contributed by atoms with Gasteiger partial charge in [-0.3, -0.25) is 14.4 Å². The molecule has 2 aromatic carbocycles. The Morgan fingerprint density at radius 2 is 1.86 bits per heavy atom. The molecule has 1 aromatic heterocycles. The Kier molecular flexibility index (Phi) is 6.26. The van der Waals surface area contributed by atoms with Crippen LogP contribution in [0.5, 0.6) is 5.75 Å². The van der Waals surface area contributed by atoms with E-state index < -0.39 is 23.8 Å². The molecule has 0 bridgehead atoms. The number of halogens is 1. The van der Waals surface area contributed by atoms with Crippen LogP contribution in [0.4, 0.5) is 4.39 Å². The standard InChI is InChI=1S/C27H27FN2O6/c1-15-17-4-3-9-36-25(17)21(28)13-19(15)24-18-6-5-16(26(33)30-7-10-35-11-8-30)12-20(18)27(34)29(2)22(24)14-23(31)32/h5-6,12-13H,3-4,7-11,14H2,1-2H3,(H,31,32). The Morgan fingerprint density at radius 1 is 1.11 bits per heavy atom. The van der Waals surface area contributed by atoms with Crippen LogP contribution in [-0.2, 0) is 29.4 Å². The van der Waals surface area contributed by atoms with E-state index in [2.05, 4.69) is 0 Å². The smallest absolute Gasteiger partial charge is 0.309 e. The van der Waals surface area contributed by atoms with E-state index in [0.717, 1.165) is 17.5 Å². The highest BCUT2D eigenvalue weighted by atomic mass is 19.1. The molecule has 0 spiro atoms. The Balaban J connectivity index is 1.77. The normalized spacial score (nSPS) is 15.5. The number of pyridine rings is 1. The molecule has 8 nitrogen and oxygen atoms in total. The average Bonchev–Trinajstić information content (AvgIpc) is 2.89. The molecule has 0 radical (unpaired) electrons. The summed E-state index contributed by atoms with van der Waals surface area (Å²) in [5.41, 5.74) is 2.74. The van der Waals surface area contributed by atoms with Gasteiger partial charge in [0.15, 0.2) is 11.6 Å². The van der Waals surface area contributed by atoms with E-state index in [1.165, 1.54) is 17.7 Å². The fourth-order valence-electron chi connectivity index (χ4n) is 5.22. The number of rotatable bonds is 4. The fourth-order valence-corrected chi connectivity index (χ4v) is 5.22. The quantitative estimate of drug-likeness (QED) is 0.599. The summed E-state index contributed by atoms with van der Waals surface area (Å²) in [6.45, 7) is 4.14. The van der Waals surface area contributed by atoms with E-state index in [1.54, 1.807) is 23.1 Å². The molecule has 0 aliphatic carbocycles. The number of benzene rings is 2. The predicted molar refractivity (Wildman–Crippen MR) is 131 cm³/mol. The first-order valence-corrected chi connectivity index (χ1v) is 12.0. The minimum atomic E-state index is -1.11. The minimum Gasteiger partial charge on any atom is -0.490 e. The van der Waals surface area contributed by atoms with Crippen molar-refractivity contribution in [2.24, 2.45) is 7.05 Å². The Labute approximate surface area is 206 Å². The fraction of sp³-hybridized carbons (Fsp3) is 0.370. The number of carboxylic acids is 1. The highest BCUT2D eigenvalue weighted by Crippen LogP contribution is 2.40. The number of hydrogen-bond acceptors (Lipinski definition) is 5. The van der Waals surface area contributed by atoms with Gasteiger partial charge < -0.3 is 24.0 Å². The minimum absolute atomic E-state index is 0.202.